The van der Waals surface area contributed by atoms with Gasteiger partial charge in [-0.25, -0.2) is 4.79 Å². The second kappa shape index (κ2) is 4.83. The van der Waals surface area contributed by atoms with Gasteiger partial charge in [-0.2, -0.15) is 0 Å². The molecule has 1 saturated heterocycles. The van der Waals surface area contributed by atoms with Crippen LogP contribution in [0.5, 0.6) is 0 Å². The first kappa shape index (κ1) is 10.8. The summed E-state index contributed by atoms with van der Waals surface area (Å²) in [6.07, 6.45) is 3.45. The number of urea groups is 1. The fourth-order valence-electron chi connectivity index (χ4n) is 1.91. The Morgan fingerprint density at radius 2 is 2.21 bits per heavy atom. The molecule has 80 valence electrons. The minimum absolute atomic E-state index is 0.159. The van der Waals surface area contributed by atoms with Gasteiger partial charge in [0.25, 0.3) is 0 Å². The molecule has 0 aromatic carbocycles. The van der Waals surface area contributed by atoms with Crippen molar-refractivity contribution in [2.45, 2.75) is 38.1 Å². The third-order valence-electron chi connectivity index (χ3n) is 2.59. The van der Waals surface area contributed by atoms with Gasteiger partial charge in [0.05, 0.1) is 0 Å². The van der Waals surface area contributed by atoms with Gasteiger partial charge in [-0.1, -0.05) is 0 Å². The maximum absolute atomic E-state index is 10.9. The predicted molar refractivity (Wildman–Crippen MR) is 50.8 cm³/mol. The highest BCUT2D eigenvalue weighted by atomic mass is 16.4. The smallest absolute Gasteiger partial charge is 0.315 e. The van der Waals surface area contributed by atoms with Gasteiger partial charge in [-0.15, -0.1) is 0 Å². The largest absolute Gasteiger partial charge is 0.481 e. The van der Waals surface area contributed by atoms with E-state index in [1.54, 1.807) is 4.90 Å². The molecule has 1 fully saturated rings. The molecule has 1 heterocycles. The zero-order chi connectivity index (χ0) is 10.6. The lowest BCUT2D eigenvalue weighted by atomic mass is 10.1. The fraction of sp³-hybridized carbons (Fsp3) is 0.778. The SMILES string of the molecule is NC(=O)N1CCCC1CCCC(=O)O. The molecule has 5 heteroatoms. The molecule has 3 N–H and O–H groups in total. The molecular weight excluding hydrogens is 184 g/mol. The van der Waals surface area contributed by atoms with Gasteiger partial charge in [-0.05, 0) is 25.7 Å². The number of nitrogens with two attached hydrogens (primary N) is 1. The summed E-state index contributed by atoms with van der Waals surface area (Å²) in [4.78, 5) is 22.9. The first-order valence-corrected chi connectivity index (χ1v) is 4.89. The Bertz CT molecular complexity index is 230. The quantitative estimate of drug-likeness (QED) is 0.703. The van der Waals surface area contributed by atoms with E-state index in [2.05, 4.69) is 0 Å². The number of carboxylic acids is 1. The van der Waals surface area contributed by atoms with Crippen molar-refractivity contribution in [2.75, 3.05) is 6.54 Å². The van der Waals surface area contributed by atoms with Crippen LogP contribution in [-0.2, 0) is 4.79 Å². The van der Waals surface area contributed by atoms with Crippen LogP contribution < -0.4 is 5.73 Å². The minimum Gasteiger partial charge on any atom is -0.481 e. The Morgan fingerprint density at radius 3 is 2.79 bits per heavy atom. The Labute approximate surface area is 82.9 Å². The highest BCUT2D eigenvalue weighted by molar-refractivity contribution is 5.72. The molecule has 0 radical (unpaired) electrons. The van der Waals surface area contributed by atoms with Crippen LogP contribution in [-0.4, -0.2) is 34.6 Å². The van der Waals surface area contributed by atoms with Crippen molar-refractivity contribution in [3.8, 4) is 0 Å². The van der Waals surface area contributed by atoms with Crippen LogP contribution >= 0.6 is 0 Å². The molecule has 0 aliphatic carbocycles. The topological polar surface area (TPSA) is 83.6 Å². The van der Waals surface area contributed by atoms with Crippen LogP contribution in [0.3, 0.4) is 0 Å². The van der Waals surface area contributed by atoms with Crippen LogP contribution in [0.4, 0.5) is 4.79 Å². The molecule has 1 aliphatic heterocycles. The Morgan fingerprint density at radius 1 is 1.50 bits per heavy atom. The lowest BCUT2D eigenvalue weighted by molar-refractivity contribution is -0.137. The predicted octanol–water partition coefficient (Wildman–Crippen LogP) is 0.784. The second-order valence-electron chi connectivity index (χ2n) is 3.61. The highest BCUT2D eigenvalue weighted by Crippen LogP contribution is 2.21. The number of likely N-dealkylation sites (tertiary alicyclic amines) is 1. The molecule has 1 unspecified atom stereocenters. The van der Waals surface area contributed by atoms with Gasteiger partial charge in [0, 0.05) is 19.0 Å². The van der Waals surface area contributed by atoms with E-state index in [9.17, 15) is 9.59 Å². The monoisotopic (exact) mass is 200 g/mol. The van der Waals surface area contributed by atoms with E-state index in [-0.39, 0.29) is 18.5 Å². The molecule has 0 aromatic heterocycles. The summed E-state index contributed by atoms with van der Waals surface area (Å²) in [6.45, 7) is 0.715. The maximum Gasteiger partial charge on any atom is 0.315 e. The maximum atomic E-state index is 10.9. The van der Waals surface area contributed by atoms with Crippen LogP contribution in [0.2, 0.25) is 0 Å². The molecule has 0 spiro atoms. The number of aliphatic carboxylic acids is 1. The third kappa shape index (κ3) is 2.90. The van der Waals surface area contributed by atoms with Crippen LogP contribution in [0.1, 0.15) is 32.1 Å². The van der Waals surface area contributed by atoms with Gasteiger partial charge in [-0.3, -0.25) is 4.79 Å². The van der Waals surface area contributed by atoms with E-state index in [4.69, 9.17) is 10.8 Å². The summed E-state index contributed by atoms with van der Waals surface area (Å²) in [5.74, 6) is -0.784. The summed E-state index contributed by atoms with van der Waals surface area (Å²) < 4.78 is 0. The van der Waals surface area contributed by atoms with Gasteiger partial charge in [0.15, 0.2) is 0 Å². The first-order chi connectivity index (χ1) is 6.61. The number of carboxylic acid groups (broad SMARTS) is 1. The van der Waals surface area contributed by atoms with Crippen LogP contribution in [0, 0.1) is 0 Å². The van der Waals surface area contributed by atoms with E-state index in [0.29, 0.717) is 13.0 Å². The Hall–Kier alpha value is -1.26. The van der Waals surface area contributed by atoms with Crippen molar-refractivity contribution in [3.05, 3.63) is 0 Å². The van der Waals surface area contributed by atoms with Gasteiger partial charge >= 0.3 is 12.0 Å². The van der Waals surface area contributed by atoms with Crippen LogP contribution in [0.15, 0.2) is 0 Å². The van der Waals surface area contributed by atoms with Crippen molar-refractivity contribution in [2.24, 2.45) is 5.73 Å². The van der Waals surface area contributed by atoms with E-state index < -0.39 is 5.97 Å². The molecule has 0 saturated carbocycles. The summed E-state index contributed by atoms with van der Waals surface area (Å²) in [7, 11) is 0. The van der Waals surface area contributed by atoms with Gasteiger partial charge in [0.1, 0.15) is 0 Å². The summed E-state index contributed by atoms with van der Waals surface area (Å²) in [5, 5.41) is 8.46. The molecule has 5 nitrogen and oxygen atoms in total. The standard InChI is InChI=1S/C9H16N2O3/c10-9(14)11-6-2-4-7(11)3-1-5-8(12)13/h7H,1-6H2,(H2,10,14)(H,12,13). The van der Waals surface area contributed by atoms with Crippen molar-refractivity contribution in [1.29, 1.82) is 0 Å². The summed E-state index contributed by atoms with van der Waals surface area (Å²) >= 11 is 0. The Balaban J connectivity index is 2.29. The van der Waals surface area contributed by atoms with Crippen molar-refractivity contribution in [3.63, 3.8) is 0 Å². The summed E-state index contributed by atoms with van der Waals surface area (Å²) in [5.41, 5.74) is 5.19. The normalized spacial score (nSPS) is 21.1. The molecule has 1 atom stereocenters. The number of rotatable bonds is 4. The number of hydrogen-bond donors (Lipinski definition) is 2. The number of amides is 2. The molecule has 1 aliphatic rings. The lowest BCUT2D eigenvalue weighted by Crippen LogP contribution is -2.39. The summed E-state index contributed by atoms with van der Waals surface area (Å²) in [6, 6.07) is -0.227. The van der Waals surface area contributed by atoms with Crippen molar-refractivity contribution >= 4 is 12.0 Å². The van der Waals surface area contributed by atoms with Gasteiger partial charge in [0.2, 0.25) is 0 Å². The second-order valence-corrected chi connectivity index (χ2v) is 3.61. The fourth-order valence-corrected chi connectivity index (χ4v) is 1.91. The van der Waals surface area contributed by atoms with E-state index in [1.807, 2.05) is 0 Å². The number of nitrogens with zero attached hydrogens (tertiary/aromatic N) is 1. The number of hydrogen-bond acceptors (Lipinski definition) is 2. The molecule has 2 amide bonds. The first-order valence-electron chi connectivity index (χ1n) is 4.89. The van der Waals surface area contributed by atoms with Crippen molar-refractivity contribution < 1.29 is 14.7 Å². The molecule has 14 heavy (non-hydrogen) atoms. The lowest BCUT2D eigenvalue weighted by Gasteiger charge is -2.22. The highest BCUT2D eigenvalue weighted by Gasteiger charge is 2.26. The van der Waals surface area contributed by atoms with Crippen molar-refractivity contribution in [1.82, 2.24) is 4.90 Å². The molecule has 0 aromatic rings. The Kier molecular flexibility index (Phi) is 3.73. The average Bonchev–Trinajstić information content (AvgIpc) is 2.51. The average molecular weight is 200 g/mol. The zero-order valence-electron chi connectivity index (χ0n) is 8.11. The zero-order valence-corrected chi connectivity index (χ0v) is 8.11. The van der Waals surface area contributed by atoms with Gasteiger partial charge < -0.3 is 15.7 Å². The molecule has 1 rings (SSSR count). The minimum atomic E-state index is -0.784. The van der Waals surface area contributed by atoms with E-state index in [0.717, 1.165) is 19.3 Å². The third-order valence-corrected chi connectivity index (χ3v) is 2.59. The van der Waals surface area contributed by atoms with Crippen LogP contribution in [0.25, 0.3) is 0 Å². The van der Waals surface area contributed by atoms with E-state index >= 15 is 0 Å². The number of carbonyl (C=O) groups is 2. The number of carbonyl (C=O) groups excluding carboxylic acids is 1. The molecule has 0 bridgehead atoms. The van der Waals surface area contributed by atoms with E-state index in [1.165, 1.54) is 0 Å². The molecular formula is C9H16N2O3. The number of primary amides is 1.